The molecule has 48 heavy (non-hydrogen) atoms. The van der Waals surface area contributed by atoms with Gasteiger partial charge in [-0.25, -0.2) is 14.5 Å². The quantitative estimate of drug-likeness (QED) is 0.0695. The van der Waals surface area contributed by atoms with E-state index >= 15 is 0 Å². The average molecular weight is 758 g/mol. The van der Waals surface area contributed by atoms with E-state index in [2.05, 4.69) is 33.1 Å². The number of alkyl carbamates (subject to hydrolysis) is 1. The molecule has 0 bridgehead atoms. The molecule has 12 nitrogen and oxygen atoms in total. The van der Waals surface area contributed by atoms with Crippen molar-refractivity contribution in [3.63, 3.8) is 0 Å². The molecule has 0 aliphatic carbocycles. The van der Waals surface area contributed by atoms with Gasteiger partial charge in [0.15, 0.2) is 12.8 Å². The Balaban J connectivity index is 1.25. The lowest BCUT2D eigenvalue weighted by molar-refractivity contribution is -0.164. The van der Waals surface area contributed by atoms with E-state index in [-0.39, 0.29) is 29.2 Å². The smallest absolute Gasteiger partial charge is 0.408 e. The number of amides is 5. The van der Waals surface area contributed by atoms with Gasteiger partial charge in [-0.1, -0.05) is 88.7 Å². The number of carbonyl (C=O) groups is 6. The van der Waals surface area contributed by atoms with Crippen LogP contribution in [0, 0.1) is 0 Å². The van der Waals surface area contributed by atoms with Crippen molar-refractivity contribution in [2.24, 2.45) is 0 Å². The third-order valence-electron chi connectivity index (χ3n) is 7.55. The second-order valence-corrected chi connectivity index (χ2v) is 12.3. The maximum Gasteiger partial charge on any atom is 0.408 e. The Hall–Kier alpha value is -4.72. The first kappa shape index (κ1) is 34.6. The number of nitrogens with zero attached hydrogens (tertiary/aromatic N) is 2. The zero-order chi connectivity index (χ0) is 34.5. The van der Waals surface area contributed by atoms with Crippen LogP contribution in [0.25, 0.3) is 0 Å². The minimum absolute atomic E-state index is 0.0441. The number of hydrogen-bond acceptors (Lipinski definition) is 8. The first-order valence-corrected chi connectivity index (χ1v) is 16.1. The number of ether oxygens (including phenoxy) is 2. The topological polar surface area (TPSA) is 151 Å². The molecule has 3 aromatic carbocycles. The predicted octanol–water partition coefficient (Wildman–Crippen LogP) is 4.27. The highest BCUT2D eigenvalue weighted by Gasteiger charge is 2.54. The minimum Gasteiger partial charge on any atom is -0.445 e. The van der Waals surface area contributed by atoms with Crippen LogP contribution in [0.2, 0.25) is 0 Å². The molecule has 0 spiro atoms. The van der Waals surface area contributed by atoms with E-state index in [1.807, 2.05) is 6.07 Å². The highest BCUT2D eigenvalue weighted by Crippen LogP contribution is 2.31. The molecule has 5 rings (SSSR count). The van der Waals surface area contributed by atoms with E-state index in [4.69, 9.17) is 32.7 Å². The standard InChI is InChI=1S/C33H27BrCl2N4O8/c1-18(15-35)26(32(45)48-17-39-29(42)22-12-5-6-13-23(22)30(39)43)40-27(36)25(31(40)44)37-28(41)24(20-10-7-11-21(34)14-20)38-33(46)47-16-19-8-3-2-4-9-19/h2-14,24-27H,1,15-17H2,(H,37,41)(H,38,46). The number of likely N-dealkylation sites (tertiary alicyclic amines) is 1. The van der Waals surface area contributed by atoms with Crippen molar-refractivity contribution in [1.29, 1.82) is 0 Å². The van der Waals surface area contributed by atoms with Crippen LogP contribution in [0.3, 0.4) is 0 Å². The fourth-order valence-electron chi connectivity index (χ4n) is 5.10. The van der Waals surface area contributed by atoms with Crippen molar-refractivity contribution in [1.82, 2.24) is 20.4 Å². The summed E-state index contributed by atoms with van der Waals surface area (Å²) in [6.45, 7) is 2.98. The lowest BCUT2D eigenvalue weighted by Gasteiger charge is -2.47. The second-order valence-electron chi connectivity index (χ2n) is 10.7. The Morgan fingerprint density at radius 3 is 2.17 bits per heavy atom. The van der Waals surface area contributed by atoms with E-state index in [0.717, 1.165) is 15.4 Å². The summed E-state index contributed by atoms with van der Waals surface area (Å²) >= 11 is 15.9. The van der Waals surface area contributed by atoms with E-state index < -0.39 is 66.0 Å². The Labute approximate surface area is 293 Å². The van der Waals surface area contributed by atoms with E-state index in [9.17, 15) is 28.8 Å². The molecule has 2 aliphatic heterocycles. The van der Waals surface area contributed by atoms with Gasteiger partial charge in [-0.3, -0.25) is 19.2 Å². The molecule has 1 fully saturated rings. The van der Waals surface area contributed by atoms with Gasteiger partial charge in [-0.15, -0.1) is 11.6 Å². The molecule has 5 amide bonds. The third-order valence-corrected chi connectivity index (χ3v) is 8.85. The maximum absolute atomic E-state index is 13.5. The highest BCUT2D eigenvalue weighted by atomic mass is 79.9. The predicted molar refractivity (Wildman–Crippen MR) is 177 cm³/mol. The summed E-state index contributed by atoms with van der Waals surface area (Å²) in [7, 11) is 0. The number of imide groups is 1. The lowest BCUT2D eigenvalue weighted by atomic mass is 9.98. The summed E-state index contributed by atoms with van der Waals surface area (Å²) in [5, 5.41) is 5.06. The first-order chi connectivity index (χ1) is 23.0. The van der Waals surface area contributed by atoms with Crippen LogP contribution in [0.5, 0.6) is 0 Å². The van der Waals surface area contributed by atoms with E-state index in [1.165, 1.54) is 12.1 Å². The SMILES string of the molecule is C=C(CCl)C(C(=O)OCN1C(=O)c2ccccc2C1=O)N1C(=O)C(NC(=O)C(NC(=O)OCc2ccccc2)c2cccc(Br)c2)C1Cl. The molecule has 4 unspecified atom stereocenters. The van der Waals surface area contributed by atoms with Crippen LogP contribution in [0.1, 0.15) is 37.9 Å². The van der Waals surface area contributed by atoms with Gasteiger partial charge in [0.1, 0.15) is 24.2 Å². The maximum atomic E-state index is 13.5. The number of esters is 1. The Morgan fingerprint density at radius 2 is 1.56 bits per heavy atom. The summed E-state index contributed by atoms with van der Waals surface area (Å²) < 4.78 is 11.2. The monoisotopic (exact) mass is 756 g/mol. The molecule has 2 heterocycles. The van der Waals surface area contributed by atoms with Gasteiger partial charge in [0.25, 0.3) is 17.7 Å². The summed E-state index contributed by atoms with van der Waals surface area (Å²) in [6.07, 6.45) is -0.887. The van der Waals surface area contributed by atoms with Gasteiger partial charge < -0.3 is 25.0 Å². The van der Waals surface area contributed by atoms with Crippen LogP contribution < -0.4 is 10.6 Å². The summed E-state index contributed by atoms with van der Waals surface area (Å²) in [6, 6.07) is 17.6. The number of hydrogen-bond donors (Lipinski definition) is 2. The van der Waals surface area contributed by atoms with Crippen LogP contribution >= 0.6 is 39.1 Å². The largest absolute Gasteiger partial charge is 0.445 e. The summed E-state index contributed by atoms with van der Waals surface area (Å²) in [5.74, 6) is -4.16. The van der Waals surface area contributed by atoms with Crippen LogP contribution in [-0.4, -0.2) is 75.7 Å². The van der Waals surface area contributed by atoms with Gasteiger partial charge in [0.05, 0.1) is 11.1 Å². The van der Waals surface area contributed by atoms with Crippen molar-refractivity contribution in [3.05, 3.63) is 118 Å². The number of carbonyl (C=O) groups excluding carboxylic acids is 6. The molecule has 2 N–H and O–H groups in total. The van der Waals surface area contributed by atoms with Crippen LogP contribution in [0.4, 0.5) is 4.79 Å². The number of alkyl halides is 2. The van der Waals surface area contributed by atoms with Crippen molar-refractivity contribution >= 4 is 74.8 Å². The van der Waals surface area contributed by atoms with Gasteiger partial charge in [-0.05, 0) is 41.0 Å². The molecule has 0 radical (unpaired) electrons. The zero-order valence-corrected chi connectivity index (χ0v) is 28.0. The second kappa shape index (κ2) is 15.0. The number of benzene rings is 3. The molecular weight excluding hydrogens is 731 g/mol. The van der Waals surface area contributed by atoms with E-state index in [1.54, 1.807) is 60.7 Å². The number of halogens is 3. The number of β-lactam (4-membered cyclic amide) rings is 1. The molecule has 15 heteroatoms. The lowest BCUT2D eigenvalue weighted by Crippen LogP contribution is -2.73. The molecule has 248 valence electrons. The molecule has 0 saturated carbocycles. The molecule has 3 aromatic rings. The van der Waals surface area contributed by atoms with Crippen molar-refractivity contribution in [2.45, 2.75) is 30.2 Å². The van der Waals surface area contributed by atoms with Gasteiger partial charge in [0, 0.05) is 10.4 Å². The summed E-state index contributed by atoms with van der Waals surface area (Å²) in [5.41, 5.74) is 0.208. The Kier molecular flexibility index (Phi) is 10.8. The normalized spacial score (nSPS) is 17.9. The van der Waals surface area contributed by atoms with Crippen molar-refractivity contribution in [2.75, 3.05) is 12.6 Å². The molecule has 1 saturated heterocycles. The Bertz CT molecular complexity index is 1760. The number of rotatable bonds is 12. The minimum atomic E-state index is -1.49. The Morgan fingerprint density at radius 1 is 0.917 bits per heavy atom. The fraction of sp³-hybridized carbons (Fsp3) is 0.212. The first-order valence-electron chi connectivity index (χ1n) is 14.4. The molecule has 2 aliphatic rings. The summed E-state index contributed by atoms with van der Waals surface area (Å²) in [4.78, 5) is 80.0. The highest BCUT2D eigenvalue weighted by molar-refractivity contribution is 9.10. The molecule has 0 aromatic heterocycles. The van der Waals surface area contributed by atoms with Crippen LogP contribution in [-0.2, 0) is 30.5 Å². The van der Waals surface area contributed by atoms with Crippen molar-refractivity contribution in [3.8, 4) is 0 Å². The molecule has 4 atom stereocenters. The zero-order valence-electron chi connectivity index (χ0n) is 24.9. The number of fused-ring (bicyclic) bond motifs is 1. The van der Waals surface area contributed by atoms with Gasteiger partial charge in [-0.2, -0.15) is 0 Å². The van der Waals surface area contributed by atoms with E-state index in [0.29, 0.717) is 10.0 Å². The number of nitrogens with one attached hydrogen (secondary N) is 2. The van der Waals surface area contributed by atoms with Crippen molar-refractivity contribution < 1.29 is 38.2 Å². The third kappa shape index (κ3) is 7.23. The average Bonchev–Trinajstić information content (AvgIpc) is 3.34. The molecular formula is C33H27BrCl2N4O8. The van der Waals surface area contributed by atoms with Crippen LogP contribution in [0.15, 0.2) is 95.5 Å². The van der Waals surface area contributed by atoms with Gasteiger partial charge >= 0.3 is 12.1 Å². The van der Waals surface area contributed by atoms with Gasteiger partial charge in [0.2, 0.25) is 5.91 Å². The fourth-order valence-corrected chi connectivity index (χ4v) is 6.04.